The van der Waals surface area contributed by atoms with Crippen LogP contribution in [0, 0.1) is 5.92 Å². The third kappa shape index (κ3) is 4.52. The van der Waals surface area contributed by atoms with Crippen LogP contribution in [-0.4, -0.2) is 42.4 Å². The topological polar surface area (TPSA) is 87.7 Å². The van der Waals surface area contributed by atoms with E-state index >= 15 is 0 Å². The van der Waals surface area contributed by atoms with E-state index in [1.165, 1.54) is 12.8 Å². The number of hydrogen-bond acceptors (Lipinski definition) is 3. The van der Waals surface area contributed by atoms with Gasteiger partial charge in [0.1, 0.15) is 0 Å². The van der Waals surface area contributed by atoms with E-state index in [1.54, 1.807) is 12.2 Å². The van der Waals surface area contributed by atoms with E-state index in [0.717, 1.165) is 12.8 Å². The van der Waals surface area contributed by atoms with E-state index in [0.29, 0.717) is 25.7 Å². The van der Waals surface area contributed by atoms with Gasteiger partial charge in [0, 0.05) is 6.54 Å². The number of amides is 2. The van der Waals surface area contributed by atoms with Crippen LogP contribution in [0.3, 0.4) is 0 Å². The number of carbonyl (C=O) groups is 2. The number of ether oxygens (including phenoxy) is 1. The fourth-order valence-electron chi connectivity index (χ4n) is 2.65. The molecule has 6 nitrogen and oxygen atoms in total. The summed E-state index contributed by atoms with van der Waals surface area (Å²) in [7, 11) is 0. The van der Waals surface area contributed by atoms with Gasteiger partial charge < -0.3 is 20.5 Å². The molecule has 2 unspecified atom stereocenters. The van der Waals surface area contributed by atoms with Gasteiger partial charge in [0.2, 0.25) is 0 Å². The van der Waals surface area contributed by atoms with Gasteiger partial charge in [0.05, 0.1) is 24.7 Å². The van der Waals surface area contributed by atoms with Crippen LogP contribution in [0.25, 0.3) is 0 Å². The summed E-state index contributed by atoms with van der Waals surface area (Å²) < 4.78 is 5.64. The second-order valence-corrected chi connectivity index (χ2v) is 5.35. The number of carboxylic acid groups (broad SMARTS) is 1. The molecule has 0 bridgehead atoms. The highest BCUT2D eigenvalue weighted by molar-refractivity contribution is 5.76. The minimum atomic E-state index is -0.851. The van der Waals surface area contributed by atoms with Crippen LogP contribution in [0.1, 0.15) is 32.1 Å². The maximum Gasteiger partial charge on any atom is 0.315 e. The van der Waals surface area contributed by atoms with Crippen molar-refractivity contribution in [1.29, 1.82) is 0 Å². The maximum absolute atomic E-state index is 11.6. The summed E-state index contributed by atoms with van der Waals surface area (Å²) in [6.45, 7) is 0.997. The van der Waals surface area contributed by atoms with E-state index in [4.69, 9.17) is 9.84 Å². The molecule has 0 spiro atoms. The van der Waals surface area contributed by atoms with Crippen molar-refractivity contribution in [2.24, 2.45) is 5.92 Å². The van der Waals surface area contributed by atoms with E-state index < -0.39 is 11.9 Å². The average molecular weight is 282 g/mol. The molecule has 112 valence electrons. The number of urea groups is 1. The predicted molar refractivity (Wildman–Crippen MR) is 73.4 cm³/mol. The second kappa shape index (κ2) is 7.28. The van der Waals surface area contributed by atoms with Crippen LogP contribution in [0.2, 0.25) is 0 Å². The first-order chi connectivity index (χ1) is 9.65. The minimum absolute atomic E-state index is 0.202. The lowest BCUT2D eigenvalue weighted by Crippen LogP contribution is -2.42. The molecular formula is C14H22N2O4. The summed E-state index contributed by atoms with van der Waals surface area (Å²) in [6.07, 6.45) is 8.83. The molecule has 3 N–H and O–H groups in total. The Balaban J connectivity index is 1.54. The van der Waals surface area contributed by atoms with Crippen LogP contribution in [-0.2, 0) is 9.53 Å². The number of carboxylic acids is 1. The molecule has 0 aromatic heterocycles. The van der Waals surface area contributed by atoms with Gasteiger partial charge in [-0.15, -0.1) is 0 Å². The fourth-order valence-corrected chi connectivity index (χ4v) is 2.65. The van der Waals surface area contributed by atoms with E-state index in [2.05, 4.69) is 10.6 Å². The van der Waals surface area contributed by atoms with Crippen LogP contribution in [0.4, 0.5) is 4.79 Å². The molecule has 0 aromatic rings. The first-order valence-corrected chi connectivity index (χ1v) is 7.22. The van der Waals surface area contributed by atoms with Crippen molar-refractivity contribution in [2.75, 3.05) is 13.2 Å². The zero-order chi connectivity index (χ0) is 14.4. The Labute approximate surface area is 118 Å². The summed E-state index contributed by atoms with van der Waals surface area (Å²) in [5.41, 5.74) is 0. The molecule has 2 aliphatic rings. The smallest absolute Gasteiger partial charge is 0.315 e. The molecule has 0 heterocycles. The summed E-state index contributed by atoms with van der Waals surface area (Å²) in [6, 6.07) is -0.479. The lowest BCUT2D eigenvalue weighted by Gasteiger charge is -2.14. The van der Waals surface area contributed by atoms with E-state index in [1.807, 2.05) is 0 Å². The van der Waals surface area contributed by atoms with Gasteiger partial charge in [-0.3, -0.25) is 4.79 Å². The average Bonchev–Trinajstić information content (AvgIpc) is 3.05. The standard InChI is InChI=1S/C14H22N2O4/c17-13(18)10-5-6-11(9-10)16-14(19)15-7-8-20-12-3-1-2-4-12/h5-6,10-12H,1-4,7-9H2,(H,17,18)(H2,15,16,19). The van der Waals surface area contributed by atoms with E-state index in [9.17, 15) is 9.59 Å². The number of hydrogen-bond donors (Lipinski definition) is 3. The zero-order valence-electron chi connectivity index (χ0n) is 11.5. The van der Waals surface area contributed by atoms with Gasteiger partial charge in [-0.05, 0) is 19.3 Å². The van der Waals surface area contributed by atoms with Gasteiger partial charge in [0.25, 0.3) is 0 Å². The SMILES string of the molecule is O=C(NCCOC1CCCC1)NC1C=CC(C(=O)O)C1. The summed E-state index contributed by atoms with van der Waals surface area (Å²) >= 11 is 0. The van der Waals surface area contributed by atoms with Crippen LogP contribution < -0.4 is 10.6 Å². The lowest BCUT2D eigenvalue weighted by molar-refractivity contribution is -0.140. The number of rotatable bonds is 6. The monoisotopic (exact) mass is 282 g/mol. The van der Waals surface area contributed by atoms with Crippen LogP contribution >= 0.6 is 0 Å². The van der Waals surface area contributed by atoms with Crippen molar-refractivity contribution in [3.63, 3.8) is 0 Å². The summed E-state index contributed by atoms with van der Waals surface area (Å²) in [4.78, 5) is 22.4. The van der Waals surface area contributed by atoms with Gasteiger partial charge >= 0.3 is 12.0 Å². The predicted octanol–water partition coefficient (Wildman–Crippen LogP) is 1.27. The van der Waals surface area contributed by atoms with Crippen molar-refractivity contribution >= 4 is 12.0 Å². The highest BCUT2D eigenvalue weighted by atomic mass is 16.5. The molecule has 0 radical (unpaired) electrons. The molecule has 0 aromatic carbocycles. The normalized spacial score (nSPS) is 25.8. The molecule has 20 heavy (non-hydrogen) atoms. The first kappa shape index (κ1) is 14.8. The van der Waals surface area contributed by atoms with Gasteiger partial charge in [-0.2, -0.15) is 0 Å². The largest absolute Gasteiger partial charge is 0.481 e. The highest BCUT2D eigenvalue weighted by Gasteiger charge is 2.25. The van der Waals surface area contributed by atoms with Gasteiger partial charge in [-0.1, -0.05) is 25.0 Å². The van der Waals surface area contributed by atoms with Crippen molar-refractivity contribution in [3.8, 4) is 0 Å². The van der Waals surface area contributed by atoms with Crippen LogP contribution in [0.5, 0.6) is 0 Å². The molecule has 2 amide bonds. The first-order valence-electron chi connectivity index (χ1n) is 7.22. The highest BCUT2D eigenvalue weighted by Crippen LogP contribution is 2.20. The van der Waals surface area contributed by atoms with Crippen molar-refractivity contribution < 1.29 is 19.4 Å². The third-order valence-electron chi connectivity index (χ3n) is 3.76. The Morgan fingerprint density at radius 1 is 1.25 bits per heavy atom. The van der Waals surface area contributed by atoms with Crippen molar-refractivity contribution in [1.82, 2.24) is 10.6 Å². The zero-order valence-corrected chi connectivity index (χ0v) is 11.5. The number of carbonyl (C=O) groups excluding carboxylic acids is 1. The Morgan fingerprint density at radius 3 is 2.65 bits per heavy atom. The summed E-state index contributed by atoms with van der Waals surface area (Å²) in [5, 5.41) is 14.3. The molecule has 0 aliphatic heterocycles. The second-order valence-electron chi connectivity index (χ2n) is 5.35. The minimum Gasteiger partial charge on any atom is -0.481 e. The Hall–Kier alpha value is -1.56. The molecule has 2 atom stereocenters. The van der Waals surface area contributed by atoms with E-state index in [-0.39, 0.29) is 12.1 Å². The third-order valence-corrected chi connectivity index (χ3v) is 3.76. The maximum atomic E-state index is 11.6. The Bertz CT molecular complexity index is 377. The Kier molecular flexibility index (Phi) is 5.40. The fraction of sp³-hybridized carbons (Fsp3) is 0.714. The molecule has 6 heteroatoms. The number of aliphatic carboxylic acids is 1. The van der Waals surface area contributed by atoms with Gasteiger partial charge in [0.15, 0.2) is 0 Å². The summed E-state index contributed by atoms with van der Waals surface area (Å²) in [5.74, 6) is -1.35. The Morgan fingerprint density at radius 2 is 2.00 bits per heavy atom. The molecule has 2 aliphatic carbocycles. The van der Waals surface area contributed by atoms with Crippen molar-refractivity contribution in [2.45, 2.75) is 44.2 Å². The lowest BCUT2D eigenvalue weighted by atomic mass is 10.1. The molecule has 0 saturated heterocycles. The quantitative estimate of drug-likeness (QED) is 0.506. The van der Waals surface area contributed by atoms with Crippen LogP contribution in [0.15, 0.2) is 12.2 Å². The molecule has 1 fully saturated rings. The molecule has 2 rings (SSSR count). The number of nitrogens with one attached hydrogen (secondary N) is 2. The molecule has 1 saturated carbocycles. The molecular weight excluding hydrogens is 260 g/mol. The van der Waals surface area contributed by atoms with Gasteiger partial charge in [-0.25, -0.2) is 4.79 Å². The van der Waals surface area contributed by atoms with Crippen molar-refractivity contribution in [3.05, 3.63) is 12.2 Å².